The summed E-state index contributed by atoms with van der Waals surface area (Å²) in [5.41, 5.74) is 2.86. The van der Waals surface area contributed by atoms with Crippen molar-refractivity contribution in [3.63, 3.8) is 0 Å². The molecular formula is C28H36N2O5S2. The van der Waals surface area contributed by atoms with Gasteiger partial charge < -0.3 is 4.74 Å². The molecule has 3 aromatic rings. The number of methoxy groups -OCH3 is 1. The molecule has 1 unspecified atom stereocenters. The molecule has 0 aliphatic heterocycles. The molecule has 3 rings (SSSR count). The summed E-state index contributed by atoms with van der Waals surface area (Å²) in [5.74, 6) is 1.06. The minimum absolute atomic E-state index is 0.0438. The summed E-state index contributed by atoms with van der Waals surface area (Å²) in [4.78, 5) is 0.125. The largest absolute Gasteiger partial charge is 0.497 e. The predicted octanol–water partition coefficient (Wildman–Crippen LogP) is 6.31. The third-order valence-electron chi connectivity index (χ3n) is 6.21. The van der Waals surface area contributed by atoms with Crippen molar-refractivity contribution in [2.45, 2.75) is 69.0 Å². The van der Waals surface area contributed by atoms with E-state index in [0.29, 0.717) is 18.1 Å². The Labute approximate surface area is 221 Å². The van der Waals surface area contributed by atoms with Crippen molar-refractivity contribution in [2.75, 3.05) is 7.11 Å². The molecule has 7 nitrogen and oxygen atoms in total. The molecule has 3 aromatic carbocycles. The lowest BCUT2D eigenvalue weighted by atomic mass is 10.0. The molecule has 0 heterocycles. The summed E-state index contributed by atoms with van der Waals surface area (Å²) < 4.78 is 61.2. The van der Waals surface area contributed by atoms with Gasteiger partial charge in [0.25, 0.3) is 0 Å². The molecule has 0 aliphatic carbocycles. The number of rotatable bonds is 11. The van der Waals surface area contributed by atoms with Crippen LogP contribution in [0.1, 0.15) is 56.7 Å². The van der Waals surface area contributed by atoms with Gasteiger partial charge in [0.2, 0.25) is 10.0 Å². The Morgan fingerprint density at radius 3 is 1.76 bits per heavy atom. The van der Waals surface area contributed by atoms with Crippen LogP contribution in [0.25, 0.3) is 0 Å². The normalized spacial score (nSPS) is 14.4. The fourth-order valence-electron chi connectivity index (χ4n) is 3.69. The quantitative estimate of drug-likeness (QED) is 0.305. The molecule has 0 fully saturated rings. The smallest absolute Gasteiger partial charge is 0.243 e. The van der Waals surface area contributed by atoms with E-state index in [2.05, 4.69) is 18.2 Å². The first-order valence-electron chi connectivity index (χ1n) is 12.3. The zero-order chi connectivity index (χ0) is 27.2. The van der Waals surface area contributed by atoms with E-state index in [0.717, 1.165) is 11.1 Å². The molecule has 0 saturated heterocycles. The molecule has 2 atom stereocenters. The highest BCUT2D eigenvalue weighted by atomic mass is 32.2. The standard InChI is InChI=1S/C28H36N2O5S2/c1-6-22(4)29-36(31,32)27-15-17-28(18-16-27)37(33,34)30(20-24-9-13-26(35-5)14-10-24)19-23-7-11-25(12-8-23)21(2)3/h7-18,21-22H,6,19-20H2,1-5H3,(H,29,31,32)/t22-/m1/s1. The molecule has 37 heavy (non-hydrogen) atoms. The number of nitrogens with zero attached hydrogens (tertiary/aromatic N) is 2. The van der Waals surface area contributed by atoms with Gasteiger partial charge in [0.15, 0.2) is 10.0 Å². The van der Waals surface area contributed by atoms with Crippen LogP contribution in [0, 0.1) is 0 Å². The van der Waals surface area contributed by atoms with Gasteiger partial charge in [-0.1, -0.05) is 57.2 Å². The van der Waals surface area contributed by atoms with Crippen LogP contribution in [-0.2, 0) is 33.1 Å². The first-order chi connectivity index (χ1) is 17.5. The fourth-order valence-corrected chi connectivity index (χ4v) is 6.35. The zero-order valence-electron chi connectivity index (χ0n) is 22.0. The maximum absolute atomic E-state index is 13.8. The van der Waals surface area contributed by atoms with Gasteiger partial charge in [-0.15, -0.1) is 0 Å². The summed E-state index contributed by atoms with van der Waals surface area (Å²) >= 11 is 0. The van der Waals surface area contributed by atoms with Crippen molar-refractivity contribution < 1.29 is 21.9 Å². The third kappa shape index (κ3) is 7.41. The van der Waals surface area contributed by atoms with Gasteiger partial charge in [0, 0.05) is 13.1 Å². The average molecular weight is 545 g/mol. The van der Waals surface area contributed by atoms with E-state index >= 15 is 0 Å². The number of sulfonamides is 1. The van der Waals surface area contributed by atoms with Gasteiger partial charge in [0.1, 0.15) is 5.75 Å². The van der Waals surface area contributed by atoms with Gasteiger partial charge in [-0.2, -0.15) is 4.31 Å². The summed E-state index contributed by atoms with van der Waals surface area (Å²) in [6.07, 6.45) is 0.627. The first-order valence-corrected chi connectivity index (χ1v) is 15.2. The van der Waals surface area contributed by atoms with E-state index in [4.69, 9.17) is 4.74 Å². The van der Waals surface area contributed by atoms with Crippen molar-refractivity contribution in [3.05, 3.63) is 89.5 Å². The van der Waals surface area contributed by atoms with Crippen LogP contribution in [0.3, 0.4) is 0 Å². The highest BCUT2D eigenvalue weighted by Crippen LogP contribution is 2.25. The molecule has 200 valence electrons. The lowest BCUT2D eigenvalue weighted by molar-refractivity contribution is 0.399. The number of hydrogen-bond acceptors (Lipinski definition) is 5. The molecule has 0 aliphatic rings. The van der Waals surface area contributed by atoms with Crippen molar-refractivity contribution in [3.8, 4) is 5.75 Å². The molecule has 0 bridgehead atoms. The Balaban J connectivity index is 1.96. The molecule has 0 aromatic heterocycles. The second-order valence-corrected chi connectivity index (χ2v) is 13.0. The summed E-state index contributed by atoms with van der Waals surface area (Å²) in [5, 5.41) is 0. The van der Waals surface area contributed by atoms with Gasteiger partial charge in [-0.25, -0.2) is 17.0 Å². The third-order valence-corrected chi connectivity index (χ3v) is 9.54. The lowest BCUT2D eigenvalue weighted by Crippen LogP contribution is -2.30. The van der Waals surface area contributed by atoms with Gasteiger partial charge in [-0.3, -0.25) is 4.55 Å². The van der Waals surface area contributed by atoms with Crippen molar-refractivity contribution in [2.24, 2.45) is 4.36 Å². The average Bonchev–Trinajstić information content (AvgIpc) is 2.88. The molecular weight excluding hydrogens is 508 g/mol. The molecule has 9 heteroatoms. The Morgan fingerprint density at radius 1 is 0.811 bits per heavy atom. The number of ether oxygens (including phenoxy) is 1. The Morgan fingerprint density at radius 2 is 1.30 bits per heavy atom. The monoisotopic (exact) mass is 544 g/mol. The highest BCUT2D eigenvalue weighted by molar-refractivity contribution is 7.89. The second-order valence-electron chi connectivity index (χ2n) is 9.35. The summed E-state index contributed by atoms with van der Waals surface area (Å²) in [6, 6.07) is 20.4. The second kappa shape index (κ2) is 12.2. The zero-order valence-corrected chi connectivity index (χ0v) is 23.6. The van der Waals surface area contributed by atoms with Crippen LogP contribution in [0.15, 0.2) is 87.0 Å². The minimum Gasteiger partial charge on any atom is -0.497 e. The summed E-state index contributed by atoms with van der Waals surface area (Å²) in [6.45, 7) is 8.20. The van der Waals surface area contributed by atoms with E-state index < -0.39 is 20.0 Å². The van der Waals surface area contributed by atoms with E-state index in [1.807, 2.05) is 43.3 Å². The van der Waals surface area contributed by atoms with Gasteiger partial charge in [0.05, 0.1) is 22.9 Å². The Bertz CT molecular complexity index is 1390. The Kier molecular flexibility index (Phi) is 9.52. The van der Waals surface area contributed by atoms with E-state index in [-0.39, 0.29) is 28.9 Å². The van der Waals surface area contributed by atoms with Crippen LogP contribution in [-0.4, -0.2) is 34.6 Å². The topological polar surface area (TPSA) is 96.3 Å². The van der Waals surface area contributed by atoms with Crippen LogP contribution in [0.2, 0.25) is 0 Å². The maximum Gasteiger partial charge on any atom is 0.243 e. The Hall–Kier alpha value is -2.72. The van der Waals surface area contributed by atoms with Gasteiger partial charge in [-0.05, 0) is 72.4 Å². The maximum atomic E-state index is 13.8. The van der Waals surface area contributed by atoms with E-state index in [9.17, 15) is 17.2 Å². The SMILES string of the molecule is CC[C@@H](C)N=S(=O)(O)c1ccc(S(=O)(=O)N(Cc2ccc(OC)cc2)Cc2ccc(C(C)C)cc2)cc1. The van der Waals surface area contributed by atoms with E-state index in [1.165, 1.54) is 34.1 Å². The van der Waals surface area contributed by atoms with E-state index in [1.54, 1.807) is 26.2 Å². The van der Waals surface area contributed by atoms with Crippen LogP contribution in [0.5, 0.6) is 5.75 Å². The molecule has 0 radical (unpaired) electrons. The molecule has 0 amide bonds. The minimum atomic E-state index is -3.93. The molecule has 0 spiro atoms. The van der Waals surface area contributed by atoms with Crippen molar-refractivity contribution >= 4 is 20.0 Å². The first kappa shape index (κ1) is 28.8. The number of benzene rings is 3. The fraction of sp³-hybridized carbons (Fsp3) is 0.357. The van der Waals surface area contributed by atoms with Crippen LogP contribution < -0.4 is 4.74 Å². The van der Waals surface area contributed by atoms with Crippen LogP contribution in [0.4, 0.5) is 0 Å². The molecule has 0 saturated carbocycles. The number of hydrogen-bond donors (Lipinski definition) is 1. The highest BCUT2D eigenvalue weighted by Gasteiger charge is 2.26. The predicted molar refractivity (Wildman–Crippen MR) is 148 cm³/mol. The molecule has 1 N–H and O–H groups in total. The lowest BCUT2D eigenvalue weighted by Gasteiger charge is -2.23. The summed E-state index contributed by atoms with van der Waals surface area (Å²) in [7, 11) is -5.97. The van der Waals surface area contributed by atoms with Crippen molar-refractivity contribution in [1.82, 2.24) is 4.31 Å². The van der Waals surface area contributed by atoms with Crippen LogP contribution >= 0.6 is 0 Å². The van der Waals surface area contributed by atoms with Gasteiger partial charge >= 0.3 is 0 Å². The van der Waals surface area contributed by atoms with Crippen molar-refractivity contribution in [1.29, 1.82) is 0 Å².